The molecule has 3 N–H and O–H groups in total. The number of aromatic nitrogens is 2. The number of H-pyrrole nitrogens is 1. The van der Waals surface area contributed by atoms with Gasteiger partial charge in [-0.05, 0) is 66.4 Å². The number of nitrogens with one attached hydrogen (secondary N) is 1. The number of hydrogen-bond donors (Lipinski definition) is 2. The van der Waals surface area contributed by atoms with Gasteiger partial charge in [-0.25, -0.2) is 9.37 Å². The second-order valence-corrected chi connectivity index (χ2v) is 8.75. The molecule has 1 heterocycles. The molecule has 0 aliphatic rings. The molecule has 4 aromatic rings. The van der Waals surface area contributed by atoms with Crippen molar-refractivity contribution in [2.45, 2.75) is 19.3 Å². The van der Waals surface area contributed by atoms with Gasteiger partial charge in [0.2, 0.25) is 5.91 Å². The molecule has 0 aliphatic carbocycles. The van der Waals surface area contributed by atoms with Gasteiger partial charge in [-0.3, -0.25) is 4.79 Å². The fraction of sp³-hybridized carbons (Fsp3) is 0.103. The second kappa shape index (κ2) is 10.5. The zero-order valence-electron chi connectivity index (χ0n) is 19.3. The SMILES string of the molecule is C=C/C(=C\C=C(/C)[C@H](Cc1ccccc1)c1nc2ccc(F)cc2[nH]1)c1cc(Cl)ccc1C(N)=O. The van der Waals surface area contributed by atoms with Crippen LogP contribution in [0.1, 0.15) is 40.2 Å². The molecule has 0 fully saturated rings. The Hall–Kier alpha value is -3.96. The highest BCUT2D eigenvalue weighted by molar-refractivity contribution is 6.31. The Balaban J connectivity index is 1.77. The van der Waals surface area contributed by atoms with E-state index in [1.54, 1.807) is 30.3 Å². The van der Waals surface area contributed by atoms with Crippen LogP contribution in [0.15, 0.2) is 97.1 Å². The van der Waals surface area contributed by atoms with E-state index in [1.807, 2.05) is 37.3 Å². The number of halogens is 2. The Labute approximate surface area is 208 Å². The van der Waals surface area contributed by atoms with E-state index in [0.717, 1.165) is 17.0 Å². The van der Waals surface area contributed by atoms with Crippen LogP contribution in [-0.2, 0) is 6.42 Å². The van der Waals surface area contributed by atoms with Gasteiger partial charge in [0.05, 0.1) is 11.0 Å². The number of allylic oxidation sites excluding steroid dienone is 5. The lowest BCUT2D eigenvalue weighted by Crippen LogP contribution is -2.13. The Morgan fingerprint density at radius 2 is 1.89 bits per heavy atom. The van der Waals surface area contributed by atoms with Crippen molar-refractivity contribution in [1.29, 1.82) is 0 Å². The van der Waals surface area contributed by atoms with Gasteiger partial charge in [-0.2, -0.15) is 0 Å². The Morgan fingerprint density at radius 3 is 2.60 bits per heavy atom. The van der Waals surface area contributed by atoms with Crippen molar-refractivity contribution in [1.82, 2.24) is 9.97 Å². The van der Waals surface area contributed by atoms with Crippen LogP contribution in [-0.4, -0.2) is 15.9 Å². The number of nitrogens with two attached hydrogens (primary N) is 1. The van der Waals surface area contributed by atoms with Gasteiger partial charge in [-0.1, -0.05) is 72.3 Å². The number of carbonyl (C=O) groups is 1. The van der Waals surface area contributed by atoms with Crippen molar-refractivity contribution in [2.75, 3.05) is 0 Å². The van der Waals surface area contributed by atoms with Gasteiger partial charge in [0.25, 0.3) is 0 Å². The van der Waals surface area contributed by atoms with Gasteiger partial charge in [0.1, 0.15) is 11.6 Å². The number of carbonyl (C=O) groups excluding carboxylic acids is 1. The fourth-order valence-electron chi connectivity index (χ4n) is 4.07. The van der Waals surface area contributed by atoms with Crippen molar-refractivity contribution in [3.63, 3.8) is 0 Å². The average molecular weight is 486 g/mol. The van der Waals surface area contributed by atoms with Gasteiger partial charge < -0.3 is 10.7 Å². The number of amides is 1. The van der Waals surface area contributed by atoms with Crippen molar-refractivity contribution >= 4 is 34.1 Å². The number of fused-ring (bicyclic) bond motifs is 1. The van der Waals surface area contributed by atoms with Crippen LogP contribution < -0.4 is 5.73 Å². The number of aromatic amines is 1. The number of rotatable bonds is 8. The van der Waals surface area contributed by atoms with E-state index in [2.05, 4.69) is 23.7 Å². The molecule has 1 amide bonds. The third-order valence-corrected chi connectivity index (χ3v) is 6.16. The summed E-state index contributed by atoms with van der Waals surface area (Å²) in [5, 5.41) is 0.495. The molecular formula is C29H25ClFN3O. The maximum absolute atomic E-state index is 13.8. The molecule has 0 saturated carbocycles. The normalized spacial score (nSPS) is 13.1. The van der Waals surface area contributed by atoms with Crippen molar-refractivity contribution < 1.29 is 9.18 Å². The maximum atomic E-state index is 13.8. The van der Waals surface area contributed by atoms with Crippen LogP contribution >= 0.6 is 11.6 Å². The minimum Gasteiger partial charge on any atom is -0.366 e. The van der Waals surface area contributed by atoms with Crippen LogP contribution in [0.5, 0.6) is 0 Å². The van der Waals surface area contributed by atoms with Crippen molar-refractivity contribution in [2.24, 2.45) is 5.73 Å². The quantitative estimate of drug-likeness (QED) is 0.264. The number of imidazole rings is 1. The van der Waals surface area contributed by atoms with Gasteiger partial charge in [0, 0.05) is 16.5 Å². The first-order chi connectivity index (χ1) is 16.9. The Kier molecular flexibility index (Phi) is 7.28. The van der Waals surface area contributed by atoms with E-state index in [1.165, 1.54) is 12.1 Å². The molecule has 0 aliphatic heterocycles. The largest absolute Gasteiger partial charge is 0.366 e. The van der Waals surface area contributed by atoms with Crippen LogP contribution in [0, 0.1) is 5.82 Å². The molecule has 0 radical (unpaired) electrons. The molecule has 1 atom stereocenters. The van der Waals surface area contributed by atoms with E-state index in [0.29, 0.717) is 39.2 Å². The summed E-state index contributed by atoms with van der Waals surface area (Å²) >= 11 is 6.19. The first kappa shape index (κ1) is 24.2. The third kappa shape index (κ3) is 5.58. The minimum absolute atomic E-state index is 0.0925. The topological polar surface area (TPSA) is 71.8 Å². The summed E-state index contributed by atoms with van der Waals surface area (Å²) in [5.74, 6) is -0.200. The molecule has 0 bridgehead atoms. The lowest BCUT2D eigenvalue weighted by molar-refractivity contribution is 0.1000. The van der Waals surface area contributed by atoms with Crippen LogP contribution in [0.2, 0.25) is 5.02 Å². The van der Waals surface area contributed by atoms with Gasteiger partial charge >= 0.3 is 0 Å². The standard InChI is InChI=1S/C29H25ClFN3O/c1-3-20(25-16-21(30)11-13-23(25)28(32)35)10-9-18(2)24(15-19-7-5-4-6-8-19)29-33-26-14-12-22(31)17-27(26)34-29/h3-14,16-17,24H,1,15H2,2H3,(H2,32,35)(H,33,34)/b18-9+,20-10+/t24-/m0/s1. The molecule has 4 rings (SSSR count). The van der Waals surface area contributed by atoms with E-state index < -0.39 is 5.91 Å². The number of primary amides is 1. The van der Waals surface area contributed by atoms with Crippen molar-refractivity contribution in [3.8, 4) is 0 Å². The predicted molar refractivity (Wildman–Crippen MR) is 141 cm³/mol. The molecule has 6 heteroatoms. The van der Waals surface area contributed by atoms with E-state index >= 15 is 0 Å². The molecule has 0 unspecified atom stereocenters. The summed E-state index contributed by atoms with van der Waals surface area (Å²) in [6, 6.07) is 19.6. The number of benzene rings is 3. The summed E-state index contributed by atoms with van der Waals surface area (Å²) in [6.45, 7) is 5.93. The van der Waals surface area contributed by atoms with Gasteiger partial charge in [0.15, 0.2) is 0 Å². The summed E-state index contributed by atoms with van der Waals surface area (Å²) in [7, 11) is 0. The van der Waals surface area contributed by atoms with Crippen LogP contribution in [0.3, 0.4) is 0 Å². The zero-order chi connectivity index (χ0) is 24.9. The molecule has 0 saturated heterocycles. The summed E-state index contributed by atoms with van der Waals surface area (Å²) in [4.78, 5) is 20.0. The molecule has 1 aromatic heterocycles. The highest BCUT2D eigenvalue weighted by Crippen LogP contribution is 2.30. The van der Waals surface area contributed by atoms with Crippen LogP contribution in [0.4, 0.5) is 4.39 Å². The highest BCUT2D eigenvalue weighted by atomic mass is 35.5. The molecule has 0 spiro atoms. The third-order valence-electron chi connectivity index (χ3n) is 5.93. The Bertz CT molecular complexity index is 1450. The number of nitrogens with zero attached hydrogens (tertiary/aromatic N) is 1. The van der Waals surface area contributed by atoms with E-state index in [4.69, 9.17) is 22.3 Å². The molecule has 35 heavy (non-hydrogen) atoms. The maximum Gasteiger partial charge on any atom is 0.249 e. The first-order valence-corrected chi connectivity index (χ1v) is 11.5. The summed E-state index contributed by atoms with van der Waals surface area (Å²) in [6.07, 6.45) is 6.23. The molecule has 4 nitrogen and oxygen atoms in total. The summed E-state index contributed by atoms with van der Waals surface area (Å²) < 4.78 is 13.8. The van der Waals surface area contributed by atoms with Crippen LogP contribution in [0.25, 0.3) is 16.6 Å². The smallest absolute Gasteiger partial charge is 0.249 e. The second-order valence-electron chi connectivity index (χ2n) is 8.32. The van der Waals surface area contributed by atoms with Gasteiger partial charge in [-0.15, -0.1) is 0 Å². The minimum atomic E-state index is -0.540. The number of hydrogen-bond acceptors (Lipinski definition) is 2. The monoisotopic (exact) mass is 485 g/mol. The molecule has 176 valence electrons. The first-order valence-electron chi connectivity index (χ1n) is 11.2. The predicted octanol–water partition coefficient (Wildman–Crippen LogP) is 7.00. The lowest BCUT2D eigenvalue weighted by atomic mass is 9.91. The average Bonchev–Trinajstić information content (AvgIpc) is 3.26. The Morgan fingerprint density at radius 1 is 1.11 bits per heavy atom. The molecule has 3 aromatic carbocycles. The lowest BCUT2D eigenvalue weighted by Gasteiger charge is -2.16. The van der Waals surface area contributed by atoms with E-state index in [9.17, 15) is 9.18 Å². The summed E-state index contributed by atoms with van der Waals surface area (Å²) in [5.41, 5.74) is 10.8. The van der Waals surface area contributed by atoms with Crippen molar-refractivity contribution in [3.05, 3.63) is 130 Å². The molecular weight excluding hydrogens is 461 g/mol. The fourth-order valence-corrected chi connectivity index (χ4v) is 4.24. The highest BCUT2D eigenvalue weighted by Gasteiger charge is 2.19. The zero-order valence-corrected chi connectivity index (χ0v) is 20.0. The van der Waals surface area contributed by atoms with E-state index in [-0.39, 0.29) is 11.7 Å².